The van der Waals surface area contributed by atoms with Gasteiger partial charge >= 0.3 is 5.97 Å². The van der Waals surface area contributed by atoms with E-state index in [0.29, 0.717) is 12.8 Å². The molecule has 0 heterocycles. The summed E-state index contributed by atoms with van der Waals surface area (Å²) in [5.74, 6) is 0.129. The molecule has 3 rings (SSSR count). The normalized spacial score (nSPS) is 27.7. The number of hydrogen-bond acceptors (Lipinski definition) is 3. The Morgan fingerprint density at radius 2 is 1.84 bits per heavy atom. The molecule has 1 aromatic rings. The molecule has 4 nitrogen and oxygen atoms in total. The molecule has 0 saturated heterocycles. The van der Waals surface area contributed by atoms with Gasteiger partial charge < -0.3 is 15.3 Å². The lowest BCUT2D eigenvalue weighted by Crippen LogP contribution is -2.18. The summed E-state index contributed by atoms with van der Waals surface area (Å²) in [5.41, 5.74) is 2.03. The molecule has 2 aliphatic rings. The predicted octanol–water partition coefficient (Wildman–Crippen LogP) is 6.35. The lowest BCUT2D eigenvalue weighted by atomic mass is 9.83. The van der Waals surface area contributed by atoms with Gasteiger partial charge in [0.25, 0.3) is 0 Å². The Morgan fingerprint density at radius 1 is 1.12 bits per heavy atom. The second-order valence-corrected chi connectivity index (χ2v) is 10.3. The van der Waals surface area contributed by atoms with Gasteiger partial charge in [0.15, 0.2) is 0 Å². The van der Waals surface area contributed by atoms with E-state index >= 15 is 0 Å². The number of carboxylic acids is 1. The molecule has 0 spiro atoms. The van der Waals surface area contributed by atoms with Crippen molar-refractivity contribution in [1.29, 1.82) is 0 Å². The molecule has 2 aliphatic carbocycles. The van der Waals surface area contributed by atoms with E-state index in [2.05, 4.69) is 6.08 Å². The maximum atomic E-state index is 10.7. The number of benzene rings is 1. The SMILES string of the molecule is O=C(O)CCCC=CC[C@@H]1[C@@H](c2ccc(C(O)CCC3CCCCC3)cc2)[C@H](O)C[C@H]1Cl. The van der Waals surface area contributed by atoms with Crippen molar-refractivity contribution < 1.29 is 20.1 Å². The molecule has 178 valence electrons. The topological polar surface area (TPSA) is 77.8 Å². The Kier molecular flexibility index (Phi) is 10.1. The summed E-state index contributed by atoms with van der Waals surface area (Å²) in [5, 5.41) is 30.0. The number of carbonyl (C=O) groups is 1. The first-order chi connectivity index (χ1) is 15.5. The summed E-state index contributed by atoms with van der Waals surface area (Å²) in [6.45, 7) is 0. The van der Waals surface area contributed by atoms with Crippen LogP contribution >= 0.6 is 11.6 Å². The van der Waals surface area contributed by atoms with Gasteiger partial charge in [-0.25, -0.2) is 0 Å². The van der Waals surface area contributed by atoms with Gasteiger partial charge in [0, 0.05) is 17.7 Å². The number of allylic oxidation sites excluding steroid dienone is 2. The summed E-state index contributed by atoms with van der Waals surface area (Å²) >= 11 is 6.58. The highest BCUT2D eigenvalue weighted by atomic mass is 35.5. The standard InChI is InChI=1S/C27H39ClO4/c28-23-18-25(30)27(22(23)10-6-1-2-7-11-26(31)32)21-15-13-20(14-16-21)24(29)17-12-19-8-4-3-5-9-19/h1,6,13-16,19,22-25,27,29-30H,2-5,7-12,17-18H2,(H,31,32)/t22-,23+,24?,25+,27+/m0/s1. The van der Waals surface area contributed by atoms with E-state index in [1.807, 2.05) is 30.3 Å². The van der Waals surface area contributed by atoms with Crippen LogP contribution in [0.5, 0.6) is 0 Å². The van der Waals surface area contributed by atoms with Gasteiger partial charge in [-0.3, -0.25) is 4.79 Å². The predicted molar refractivity (Wildman–Crippen MR) is 129 cm³/mol. The molecule has 5 atom stereocenters. The molecule has 32 heavy (non-hydrogen) atoms. The third kappa shape index (κ3) is 7.33. The van der Waals surface area contributed by atoms with Crippen molar-refractivity contribution in [2.75, 3.05) is 0 Å². The van der Waals surface area contributed by atoms with E-state index in [1.165, 1.54) is 32.1 Å². The van der Waals surface area contributed by atoms with Crippen LogP contribution in [0.4, 0.5) is 0 Å². The van der Waals surface area contributed by atoms with E-state index in [0.717, 1.165) is 42.7 Å². The average molecular weight is 463 g/mol. The van der Waals surface area contributed by atoms with Crippen LogP contribution in [-0.4, -0.2) is 32.8 Å². The number of aliphatic hydroxyl groups is 2. The molecule has 0 aromatic heterocycles. The molecular formula is C27H39ClO4. The number of halogens is 1. The van der Waals surface area contributed by atoms with Crippen LogP contribution in [0.2, 0.25) is 0 Å². The van der Waals surface area contributed by atoms with E-state index in [-0.39, 0.29) is 23.6 Å². The fraction of sp³-hybridized carbons (Fsp3) is 0.667. The van der Waals surface area contributed by atoms with Crippen LogP contribution in [0, 0.1) is 11.8 Å². The van der Waals surface area contributed by atoms with Crippen molar-refractivity contribution >= 4 is 17.6 Å². The van der Waals surface area contributed by atoms with E-state index in [9.17, 15) is 15.0 Å². The molecule has 0 radical (unpaired) electrons. The Hall–Kier alpha value is -1.36. The van der Waals surface area contributed by atoms with Gasteiger partial charge in [-0.1, -0.05) is 68.5 Å². The van der Waals surface area contributed by atoms with Gasteiger partial charge in [-0.15, -0.1) is 11.6 Å². The zero-order valence-corrected chi connectivity index (χ0v) is 19.8. The Labute approximate surface area is 197 Å². The molecule has 0 bridgehead atoms. The third-order valence-electron chi connectivity index (χ3n) is 7.42. The molecule has 1 unspecified atom stereocenters. The molecule has 2 fully saturated rings. The van der Waals surface area contributed by atoms with Crippen molar-refractivity contribution in [3.05, 3.63) is 47.5 Å². The second-order valence-electron chi connectivity index (χ2n) is 9.77. The van der Waals surface area contributed by atoms with Crippen LogP contribution in [0.15, 0.2) is 36.4 Å². The number of rotatable bonds is 11. The minimum atomic E-state index is -0.763. The van der Waals surface area contributed by atoms with Crippen molar-refractivity contribution in [2.45, 2.75) is 101 Å². The van der Waals surface area contributed by atoms with Crippen molar-refractivity contribution in [2.24, 2.45) is 11.8 Å². The number of aliphatic carboxylic acids is 1. The quantitative estimate of drug-likeness (QED) is 0.203. The summed E-state index contributed by atoms with van der Waals surface area (Å²) < 4.78 is 0. The first kappa shape index (κ1) is 25.3. The fourth-order valence-corrected chi connectivity index (χ4v) is 5.99. The number of alkyl halides is 1. The lowest BCUT2D eigenvalue weighted by molar-refractivity contribution is -0.137. The van der Waals surface area contributed by atoms with Crippen molar-refractivity contribution in [3.8, 4) is 0 Å². The molecule has 0 amide bonds. The second kappa shape index (κ2) is 12.8. The van der Waals surface area contributed by atoms with Crippen molar-refractivity contribution in [3.63, 3.8) is 0 Å². The monoisotopic (exact) mass is 462 g/mol. The van der Waals surface area contributed by atoms with Crippen molar-refractivity contribution in [1.82, 2.24) is 0 Å². The van der Waals surface area contributed by atoms with E-state index in [4.69, 9.17) is 16.7 Å². The van der Waals surface area contributed by atoms with Crippen LogP contribution < -0.4 is 0 Å². The Bertz CT molecular complexity index is 726. The molecule has 5 heteroatoms. The van der Waals surface area contributed by atoms with Crippen LogP contribution in [-0.2, 0) is 4.79 Å². The number of carboxylic acid groups (broad SMARTS) is 1. The summed E-state index contributed by atoms with van der Waals surface area (Å²) in [6.07, 6.45) is 14.7. The zero-order valence-electron chi connectivity index (χ0n) is 19.0. The highest BCUT2D eigenvalue weighted by molar-refractivity contribution is 6.21. The highest BCUT2D eigenvalue weighted by Crippen LogP contribution is 2.45. The smallest absolute Gasteiger partial charge is 0.303 e. The van der Waals surface area contributed by atoms with Gasteiger partial charge in [-0.05, 0) is 61.5 Å². The minimum Gasteiger partial charge on any atom is -0.481 e. The van der Waals surface area contributed by atoms with Gasteiger partial charge in [0.05, 0.1) is 12.2 Å². The maximum absolute atomic E-state index is 10.7. The summed E-state index contributed by atoms with van der Waals surface area (Å²) in [6, 6.07) is 8.11. The largest absolute Gasteiger partial charge is 0.481 e. The first-order valence-electron chi connectivity index (χ1n) is 12.4. The van der Waals surface area contributed by atoms with Gasteiger partial charge in [0.2, 0.25) is 0 Å². The number of hydrogen-bond donors (Lipinski definition) is 3. The Balaban J connectivity index is 1.54. The summed E-state index contributed by atoms with van der Waals surface area (Å²) in [7, 11) is 0. The Morgan fingerprint density at radius 3 is 2.53 bits per heavy atom. The molecule has 1 aromatic carbocycles. The minimum absolute atomic E-state index is 0.0189. The number of aliphatic hydroxyl groups excluding tert-OH is 2. The van der Waals surface area contributed by atoms with Crippen LogP contribution in [0.3, 0.4) is 0 Å². The van der Waals surface area contributed by atoms with E-state index in [1.54, 1.807) is 0 Å². The van der Waals surface area contributed by atoms with Gasteiger partial charge in [-0.2, -0.15) is 0 Å². The zero-order chi connectivity index (χ0) is 22.9. The van der Waals surface area contributed by atoms with Gasteiger partial charge in [0.1, 0.15) is 0 Å². The molecular weight excluding hydrogens is 424 g/mol. The van der Waals surface area contributed by atoms with E-state index < -0.39 is 18.2 Å². The fourth-order valence-electron chi connectivity index (χ4n) is 5.54. The van der Waals surface area contributed by atoms with Crippen LogP contribution in [0.1, 0.15) is 100 Å². The highest BCUT2D eigenvalue weighted by Gasteiger charge is 2.41. The average Bonchev–Trinajstić information content (AvgIpc) is 3.07. The third-order valence-corrected chi connectivity index (χ3v) is 7.92. The molecule has 2 saturated carbocycles. The van der Waals surface area contributed by atoms with Crippen LogP contribution in [0.25, 0.3) is 0 Å². The lowest BCUT2D eigenvalue weighted by Gasteiger charge is -2.24. The first-order valence-corrected chi connectivity index (χ1v) is 12.9. The number of unbranched alkanes of at least 4 members (excludes halogenated alkanes) is 1. The molecule has 3 N–H and O–H groups in total. The summed E-state index contributed by atoms with van der Waals surface area (Å²) in [4.78, 5) is 10.6. The molecule has 0 aliphatic heterocycles. The maximum Gasteiger partial charge on any atom is 0.303 e.